The molecule has 2 aliphatic heterocycles. The third-order valence-electron chi connectivity index (χ3n) is 4.99. The summed E-state index contributed by atoms with van der Waals surface area (Å²) in [6.45, 7) is 6.15. The van der Waals surface area contributed by atoms with E-state index in [1.807, 2.05) is 30.0 Å². The molecule has 0 saturated carbocycles. The van der Waals surface area contributed by atoms with Crippen LogP contribution in [-0.4, -0.2) is 60.7 Å². The van der Waals surface area contributed by atoms with Crippen LogP contribution >= 0.6 is 0 Å². The number of piperidine rings is 1. The predicted octanol–water partition coefficient (Wildman–Crippen LogP) is 2.65. The van der Waals surface area contributed by atoms with Crippen molar-refractivity contribution in [3.8, 4) is 5.75 Å². The molecule has 2 saturated heterocycles. The minimum absolute atomic E-state index is 0.0562. The minimum Gasteiger partial charge on any atom is -0.496 e. The number of aryl methyl sites for hydroxylation is 1. The number of rotatable bonds is 3. The van der Waals surface area contributed by atoms with Crippen LogP contribution in [0.3, 0.4) is 0 Å². The molecule has 1 aromatic carbocycles. The number of alkyl halides is 1. The number of halogens is 1. The van der Waals surface area contributed by atoms with E-state index in [1.54, 1.807) is 14.0 Å². The predicted molar refractivity (Wildman–Crippen MR) is 87.7 cm³/mol. The lowest BCUT2D eigenvalue weighted by Gasteiger charge is -2.49. The maximum absolute atomic E-state index is 13.6. The van der Waals surface area contributed by atoms with Crippen molar-refractivity contribution in [1.82, 2.24) is 9.80 Å². The first-order chi connectivity index (χ1) is 10.9. The zero-order chi connectivity index (χ0) is 16.6. The fourth-order valence-electron chi connectivity index (χ4n) is 3.63. The Kier molecular flexibility index (Phi) is 4.32. The molecule has 2 heterocycles. The molecular weight excluding hydrogens is 295 g/mol. The van der Waals surface area contributed by atoms with Crippen LogP contribution in [0.15, 0.2) is 18.2 Å². The van der Waals surface area contributed by atoms with Gasteiger partial charge < -0.3 is 9.64 Å². The molecule has 0 atom stereocenters. The summed E-state index contributed by atoms with van der Waals surface area (Å²) in [5, 5.41) is 0. The first kappa shape index (κ1) is 16.2. The Balaban J connectivity index is 1.58. The zero-order valence-corrected chi connectivity index (χ0v) is 14.1. The van der Waals surface area contributed by atoms with Crippen LogP contribution in [0.5, 0.6) is 5.75 Å². The average Bonchev–Trinajstić information content (AvgIpc) is 2.52. The highest BCUT2D eigenvalue weighted by molar-refractivity contribution is 5.94. The minimum atomic E-state index is -1.02. The summed E-state index contributed by atoms with van der Waals surface area (Å²) in [6.07, 6.45) is 1.84. The summed E-state index contributed by atoms with van der Waals surface area (Å²) in [5.41, 5.74) is 0.673. The first-order valence-corrected chi connectivity index (χ1v) is 8.26. The number of benzene rings is 1. The molecule has 23 heavy (non-hydrogen) atoms. The summed E-state index contributed by atoms with van der Waals surface area (Å²) in [5.74, 6) is 0.800. The Hall–Kier alpha value is -1.62. The highest BCUT2D eigenvalue weighted by Crippen LogP contribution is 2.30. The van der Waals surface area contributed by atoms with Crippen LogP contribution in [0.25, 0.3) is 0 Å². The average molecular weight is 320 g/mol. The largest absolute Gasteiger partial charge is 0.496 e. The van der Waals surface area contributed by atoms with Gasteiger partial charge in [0.15, 0.2) is 0 Å². The number of carbonyl (C=O) groups is 1. The number of methoxy groups -OCH3 is 1. The second-order valence-corrected chi connectivity index (χ2v) is 7.03. The van der Waals surface area contributed by atoms with Gasteiger partial charge in [0.1, 0.15) is 11.4 Å². The van der Waals surface area contributed by atoms with Crippen molar-refractivity contribution in [2.24, 2.45) is 0 Å². The van der Waals surface area contributed by atoms with Gasteiger partial charge in [0.2, 0.25) is 0 Å². The molecule has 0 aliphatic carbocycles. The smallest absolute Gasteiger partial charge is 0.253 e. The second-order valence-electron chi connectivity index (χ2n) is 7.03. The van der Waals surface area contributed by atoms with E-state index in [1.165, 1.54) is 0 Å². The lowest BCUT2D eigenvalue weighted by molar-refractivity contribution is -0.0565. The second kappa shape index (κ2) is 6.11. The first-order valence-electron chi connectivity index (χ1n) is 8.26. The Morgan fingerprint density at radius 1 is 1.30 bits per heavy atom. The van der Waals surface area contributed by atoms with Crippen molar-refractivity contribution < 1.29 is 13.9 Å². The zero-order valence-electron chi connectivity index (χ0n) is 14.1. The van der Waals surface area contributed by atoms with Gasteiger partial charge in [-0.1, -0.05) is 6.07 Å². The molecule has 0 spiro atoms. The third kappa shape index (κ3) is 3.34. The Morgan fingerprint density at radius 2 is 1.96 bits per heavy atom. The summed E-state index contributed by atoms with van der Waals surface area (Å²) in [4.78, 5) is 16.7. The van der Waals surface area contributed by atoms with Gasteiger partial charge in [0, 0.05) is 37.8 Å². The van der Waals surface area contributed by atoms with Crippen molar-refractivity contribution in [1.29, 1.82) is 0 Å². The lowest BCUT2D eigenvalue weighted by Crippen LogP contribution is -2.62. The molecule has 0 radical (unpaired) electrons. The summed E-state index contributed by atoms with van der Waals surface area (Å²) < 4.78 is 18.9. The van der Waals surface area contributed by atoms with Crippen LogP contribution in [-0.2, 0) is 0 Å². The Labute approximate surface area is 137 Å². The number of hydrogen-bond donors (Lipinski definition) is 0. The Bertz CT molecular complexity index is 587. The molecule has 126 valence electrons. The topological polar surface area (TPSA) is 32.8 Å². The number of likely N-dealkylation sites (tertiary alicyclic amines) is 2. The Morgan fingerprint density at radius 3 is 2.52 bits per heavy atom. The molecule has 1 aromatic rings. The van der Waals surface area contributed by atoms with Gasteiger partial charge in [-0.25, -0.2) is 4.39 Å². The van der Waals surface area contributed by atoms with Crippen LogP contribution in [0, 0.1) is 6.92 Å². The SMILES string of the molecule is COc1cc(C(=O)N2CCC(N3CC(C)(F)C3)CC2)ccc1C. The van der Waals surface area contributed by atoms with Gasteiger partial charge in [-0.3, -0.25) is 9.69 Å². The molecule has 0 unspecified atom stereocenters. The molecule has 4 nitrogen and oxygen atoms in total. The van der Waals surface area contributed by atoms with E-state index in [0.29, 0.717) is 24.7 Å². The van der Waals surface area contributed by atoms with E-state index in [-0.39, 0.29) is 5.91 Å². The number of amides is 1. The van der Waals surface area contributed by atoms with Gasteiger partial charge in [-0.2, -0.15) is 0 Å². The van der Waals surface area contributed by atoms with E-state index >= 15 is 0 Å². The van der Waals surface area contributed by atoms with Crippen molar-refractivity contribution in [2.75, 3.05) is 33.3 Å². The summed E-state index contributed by atoms with van der Waals surface area (Å²) in [6, 6.07) is 6.00. The summed E-state index contributed by atoms with van der Waals surface area (Å²) in [7, 11) is 1.62. The normalized spacial score (nSPS) is 21.8. The fourth-order valence-corrected chi connectivity index (χ4v) is 3.63. The van der Waals surface area contributed by atoms with Crippen LogP contribution in [0.1, 0.15) is 35.7 Å². The van der Waals surface area contributed by atoms with Crippen molar-refractivity contribution >= 4 is 5.91 Å². The monoisotopic (exact) mass is 320 g/mol. The molecule has 0 bridgehead atoms. The molecule has 0 N–H and O–H groups in total. The molecule has 2 fully saturated rings. The van der Waals surface area contributed by atoms with Crippen LogP contribution in [0.4, 0.5) is 4.39 Å². The van der Waals surface area contributed by atoms with Crippen LogP contribution in [0.2, 0.25) is 0 Å². The van der Waals surface area contributed by atoms with E-state index in [2.05, 4.69) is 4.90 Å². The van der Waals surface area contributed by atoms with E-state index in [0.717, 1.165) is 37.2 Å². The highest BCUT2D eigenvalue weighted by Gasteiger charge is 2.43. The highest BCUT2D eigenvalue weighted by atomic mass is 19.1. The lowest BCUT2D eigenvalue weighted by atomic mass is 9.92. The standard InChI is InChI=1S/C18H25FN2O2/c1-13-4-5-14(10-16(13)23-3)17(22)20-8-6-15(7-9-20)21-11-18(2,19)12-21/h4-5,10,15H,6-9,11-12H2,1-3H3. The fraction of sp³-hybridized carbons (Fsp3) is 0.611. The van der Waals surface area contributed by atoms with Crippen LogP contribution < -0.4 is 4.74 Å². The molecule has 5 heteroatoms. The molecule has 1 amide bonds. The molecular formula is C18H25FN2O2. The summed E-state index contributed by atoms with van der Waals surface area (Å²) >= 11 is 0. The van der Waals surface area contributed by atoms with Crippen molar-refractivity contribution in [3.63, 3.8) is 0 Å². The van der Waals surface area contributed by atoms with E-state index in [9.17, 15) is 9.18 Å². The number of carbonyl (C=O) groups excluding carboxylic acids is 1. The maximum Gasteiger partial charge on any atom is 0.253 e. The molecule has 0 aromatic heterocycles. The van der Waals surface area contributed by atoms with E-state index in [4.69, 9.17) is 4.74 Å². The number of nitrogens with zero attached hydrogens (tertiary/aromatic N) is 2. The quantitative estimate of drug-likeness (QED) is 0.858. The van der Waals surface area contributed by atoms with Crippen molar-refractivity contribution in [2.45, 2.75) is 38.4 Å². The third-order valence-corrected chi connectivity index (χ3v) is 4.99. The van der Waals surface area contributed by atoms with E-state index < -0.39 is 5.67 Å². The van der Waals surface area contributed by atoms with Gasteiger partial charge in [0.25, 0.3) is 5.91 Å². The maximum atomic E-state index is 13.6. The number of hydrogen-bond acceptors (Lipinski definition) is 3. The van der Waals surface area contributed by atoms with Crippen molar-refractivity contribution in [3.05, 3.63) is 29.3 Å². The van der Waals surface area contributed by atoms with Gasteiger partial charge in [0.05, 0.1) is 7.11 Å². The van der Waals surface area contributed by atoms with Gasteiger partial charge in [-0.05, 0) is 44.4 Å². The van der Waals surface area contributed by atoms with Gasteiger partial charge in [-0.15, -0.1) is 0 Å². The molecule has 3 rings (SSSR count). The molecule has 2 aliphatic rings. The number of ether oxygens (including phenoxy) is 1. The van der Waals surface area contributed by atoms with Gasteiger partial charge >= 0.3 is 0 Å².